The predicted octanol–water partition coefficient (Wildman–Crippen LogP) is 2.27. The monoisotopic (exact) mass is 336 g/mol. The highest BCUT2D eigenvalue weighted by atomic mass is 35.5. The molecule has 1 unspecified atom stereocenters. The van der Waals surface area contributed by atoms with E-state index >= 15 is 0 Å². The number of carbonyl (C=O) groups excluding carboxylic acids is 3. The summed E-state index contributed by atoms with van der Waals surface area (Å²) in [6, 6.07) is 1.23. The molecule has 0 saturated heterocycles. The number of halogens is 2. The lowest BCUT2D eigenvalue weighted by atomic mass is 10.1. The SMILES string of the molecule is CNC(=O)C(=O)CCC(C)NC(=O)c1cc(Cl)sc1Cl. The molecule has 1 rings (SSSR count). The summed E-state index contributed by atoms with van der Waals surface area (Å²) in [5.41, 5.74) is 0.311. The summed E-state index contributed by atoms with van der Waals surface area (Å²) in [5, 5.41) is 4.96. The molecular weight excluding hydrogens is 323 g/mol. The molecule has 1 atom stereocenters. The van der Waals surface area contributed by atoms with Gasteiger partial charge in [-0.1, -0.05) is 23.2 Å². The summed E-state index contributed by atoms with van der Waals surface area (Å²) in [5.74, 6) is -1.49. The van der Waals surface area contributed by atoms with Gasteiger partial charge in [0.25, 0.3) is 11.8 Å². The van der Waals surface area contributed by atoms with Gasteiger partial charge in [0.15, 0.2) is 0 Å². The molecule has 0 fully saturated rings. The molecular formula is C12H14Cl2N2O3S. The normalized spacial score (nSPS) is 11.8. The highest BCUT2D eigenvalue weighted by Gasteiger charge is 2.18. The van der Waals surface area contributed by atoms with Gasteiger partial charge in [0.05, 0.1) is 9.90 Å². The smallest absolute Gasteiger partial charge is 0.287 e. The minimum atomic E-state index is -0.629. The fourth-order valence-corrected chi connectivity index (χ4v) is 2.93. The number of Topliss-reactive ketones (excluding diaryl/α,β-unsaturated/α-hetero) is 1. The number of carbonyl (C=O) groups is 3. The average Bonchev–Trinajstić information content (AvgIpc) is 2.74. The molecule has 0 spiro atoms. The van der Waals surface area contributed by atoms with E-state index in [0.717, 1.165) is 11.3 Å². The Hall–Kier alpha value is -1.11. The Morgan fingerprint density at radius 1 is 1.35 bits per heavy atom. The van der Waals surface area contributed by atoms with E-state index < -0.39 is 11.7 Å². The number of rotatable bonds is 6. The number of amides is 2. The zero-order chi connectivity index (χ0) is 15.3. The van der Waals surface area contributed by atoms with Crippen LogP contribution in [0.4, 0.5) is 0 Å². The van der Waals surface area contributed by atoms with Crippen LogP contribution in [0.25, 0.3) is 0 Å². The highest BCUT2D eigenvalue weighted by molar-refractivity contribution is 7.20. The lowest BCUT2D eigenvalue weighted by Gasteiger charge is -2.12. The summed E-state index contributed by atoms with van der Waals surface area (Å²) in [7, 11) is 1.40. The lowest BCUT2D eigenvalue weighted by molar-refractivity contribution is -0.137. The first kappa shape index (κ1) is 16.9. The van der Waals surface area contributed by atoms with Crippen molar-refractivity contribution < 1.29 is 14.4 Å². The number of nitrogens with one attached hydrogen (secondary N) is 2. The summed E-state index contributed by atoms with van der Waals surface area (Å²) in [6.45, 7) is 1.75. The van der Waals surface area contributed by atoms with E-state index in [1.54, 1.807) is 6.92 Å². The number of ketones is 1. The van der Waals surface area contributed by atoms with Crippen molar-refractivity contribution >= 4 is 52.1 Å². The quantitative estimate of drug-likeness (QED) is 0.782. The maximum absolute atomic E-state index is 11.9. The van der Waals surface area contributed by atoms with Crippen molar-refractivity contribution in [3.8, 4) is 0 Å². The Morgan fingerprint density at radius 2 is 2.00 bits per heavy atom. The predicted molar refractivity (Wildman–Crippen MR) is 79.6 cm³/mol. The molecule has 0 aliphatic carbocycles. The maximum Gasteiger partial charge on any atom is 0.287 e. The molecule has 2 amide bonds. The van der Waals surface area contributed by atoms with Crippen LogP contribution in [-0.2, 0) is 9.59 Å². The minimum absolute atomic E-state index is 0.0687. The van der Waals surface area contributed by atoms with Gasteiger partial charge in [-0.2, -0.15) is 0 Å². The van der Waals surface area contributed by atoms with Crippen LogP contribution in [0, 0.1) is 0 Å². The van der Waals surface area contributed by atoms with E-state index in [1.165, 1.54) is 13.1 Å². The van der Waals surface area contributed by atoms with E-state index in [0.29, 0.717) is 20.7 Å². The molecule has 1 heterocycles. The molecule has 8 heteroatoms. The van der Waals surface area contributed by atoms with Crippen molar-refractivity contribution in [1.82, 2.24) is 10.6 Å². The summed E-state index contributed by atoms with van der Waals surface area (Å²) >= 11 is 12.8. The van der Waals surface area contributed by atoms with Crippen LogP contribution in [0.1, 0.15) is 30.1 Å². The Morgan fingerprint density at radius 3 is 2.50 bits per heavy atom. The molecule has 0 bridgehead atoms. The first-order chi connectivity index (χ1) is 9.35. The number of likely N-dealkylation sites (N-methyl/N-ethyl adjacent to an activating group) is 1. The maximum atomic E-state index is 11.9. The van der Waals surface area contributed by atoms with Crippen LogP contribution in [0.2, 0.25) is 8.67 Å². The second kappa shape index (κ2) is 7.61. The third-order valence-corrected chi connectivity index (χ3v) is 4.05. The summed E-state index contributed by atoms with van der Waals surface area (Å²) < 4.78 is 0.753. The summed E-state index contributed by atoms with van der Waals surface area (Å²) in [4.78, 5) is 34.3. The van der Waals surface area contributed by atoms with Crippen LogP contribution < -0.4 is 10.6 Å². The zero-order valence-electron chi connectivity index (χ0n) is 11.0. The first-order valence-corrected chi connectivity index (χ1v) is 7.43. The third kappa shape index (κ3) is 4.77. The Balaban J connectivity index is 2.48. The fraction of sp³-hybridized carbons (Fsp3) is 0.417. The minimum Gasteiger partial charge on any atom is -0.353 e. The van der Waals surface area contributed by atoms with Crippen molar-refractivity contribution in [3.63, 3.8) is 0 Å². The number of hydrogen-bond donors (Lipinski definition) is 2. The zero-order valence-corrected chi connectivity index (χ0v) is 13.3. The molecule has 5 nitrogen and oxygen atoms in total. The van der Waals surface area contributed by atoms with Crippen molar-refractivity contribution in [1.29, 1.82) is 0 Å². The van der Waals surface area contributed by atoms with E-state index in [9.17, 15) is 14.4 Å². The third-order valence-electron chi connectivity index (χ3n) is 2.56. The van der Waals surface area contributed by atoms with Crippen molar-refractivity contribution in [2.45, 2.75) is 25.8 Å². The van der Waals surface area contributed by atoms with Crippen molar-refractivity contribution in [2.75, 3.05) is 7.05 Å². The fourth-order valence-electron chi connectivity index (χ4n) is 1.47. The van der Waals surface area contributed by atoms with Crippen molar-refractivity contribution in [3.05, 3.63) is 20.3 Å². The number of thiophene rings is 1. The molecule has 110 valence electrons. The summed E-state index contributed by atoms with van der Waals surface area (Å²) in [6.07, 6.45) is 0.437. The molecule has 0 saturated carbocycles. The molecule has 0 aliphatic rings. The van der Waals surface area contributed by atoms with Gasteiger partial charge in [0.1, 0.15) is 4.34 Å². The van der Waals surface area contributed by atoms with Gasteiger partial charge in [0.2, 0.25) is 5.78 Å². The van der Waals surface area contributed by atoms with Crippen LogP contribution >= 0.6 is 34.5 Å². The lowest BCUT2D eigenvalue weighted by Crippen LogP contribution is -2.34. The first-order valence-electron chi connectivity index (χ1n) is 5.85. The second-order valence-electron chi connectivity index (χ2n) is 4.15. The molecule has 0 aromatic carbocycles. The van der Waals surface area contributed by atoms with Gasteiger partial charge >= 0.3 is 0 Å². The van der Waals surface area contributed by atoms with Gasteiger partial charge in [-0.3, -0.25) is 14.4 Å². The largest absolute Gasteiger partial charge is 0.353 e. The van der Waals surface area contributed by atoms with E-state index in [2.05, 4.69) is 10.6 Å². The van der Waals surface area contributed by atoms with Gasteiger partial charge in [-0.15, -0.1) is 11.3 Å². The van der Waals surface area contributed by atoms with E-state index in [1.807, 2.05) is 0 Å². The highest BCUT2D eigenvalue weighted by Crippen LogP contribution is 2.31. The standard InChI is InChI=1S/C12H14Cl2N2O3S/c1-6(3-4-8(17)12(19)15-2)16-11(18)7-5-9(13)20-10(7)14/h5-6H,3-4H2,1-2H3,(H,15,19)(H,16,18). The van der Waals surface area contributed by atoms with Crippen LogP contribution in [-0.4, -0.2) is 30.7 Å². The van der Waals surface area contributed by atoms with Gasteiger partial charge in [0, 0.05) is 19.5 Å². The van der Waals surface area contributed by atoms with Crippen molar-refractivity contribution in [2.24, 2.45) is 0 Å². The molecule has 2 N–H and O–H groups in total. The van der Waals surface area contributed by atoms with Crippen LogP contribution in [0.5, 0.6) is 0 Å². The van der Waals surface area contributed by atoms with Crippen LogP contribution in [0.15, 0.2) is 6.07 Å². The molecule has 0 aliphatic heterocycles. The molecule has 20 heavy (non-hydrogen) atoms. The van der Waals surface area contributed by atoms with E-state index in [4.69, 9.17) is 23.2 Å². The molecule has 1 aromatic rings. The van der Waals surface area contributed by atoms with E-state index in [-0.39, 0.29) is 18.4 Å². The second-order valence-corrected chi connectivity index (χ2v) is 6.44. The topological polar surface area (TPSA) is 75.3 Å². The van der Waals surface area contributed by atoms with Gasteiger partial charge in [-0.05, 0) is 19.4 Å². The number of hydrogen-bond acceptors (Lipinski definition) is 4. The van der Waals surface area contributed by atoms with Gasteiger partial charge in [-0.25, -0.2) is 0 Å². The molecule has 1 aromatic heterocycles. The van der Waals surface area contributed by atoms with Gasteiger partial charge < -0.3 is 10.6 Å². The molecule has 0 radical (unpaired) electrons. The average molecular weight is 337 g/mol. The Bertz CT molecular complexity index is 531. The van der Waals surface area contributed by atoms with Crippen LogP contribution in [0.3, 0.4) is 0 Å². The Labute approximate surface area is 130 Å². The Kier molecular flexibility index (Phi) is 6.45.